The summed E-state index contributed by atoms with van der Waals surface area (Å²) in [5.74, 6) is 0. The first-order valence-electron chi connectivity index (χ1n) is 4.92. The first kappa shape index (κ1) is 9.81. The summed E-state index contributed by atoms with van der Waals surface area (Å²) in [6, 6.07) is 5.81. The molecule has 3 heteroatoms. The fraction of sp³-hybridized carbons (Fsp3) is 0.455. The van der Waals surface area contributed by atoms with Crippen LogP contribution in [0.2, 0.25) is 5.02 Å². The number of nitrogen functional groups attached to an aromatic ring is 1. The highest BCUT2D eigenvalue weighted by molar-refractivity contribution is 6.33. The van der Waals surface area contributed by atoms with Gasteiger partial charge in [-0.05, 0) is 43.4 Å². The predicted molar refractivity (Wildman–Crippen MR) is 60.3 cm³/mol. The second-order valence-electron chi connectivity index (χ2n) is 4.22. The van der Waals surface area contributed by atoms with Crippen LogP contribution >= 0.6 is 11.6 Å². The molecule has 0 atom stereocenters. The Bertz CT molecular complexity index is 345. The maximum Gasteiger partial charge on any atom is 0.0635 e. The average Bonchev–Trinajstić information content (AvgIpc) is 2.87. The molecule has 0 saturated heterocycles. The van der Waals surface area contributed by atoms with Crippen molar-refractivity contribution in [1.82, 2.24) is 0 Å². The van der Waals surface area contributed by atoms with Crippen molar-refractivity contribution >= 4 is 17.3 Å². The molecule has 2 nitrogen and oxygen atoms in total. The summed E-state index contributed by atoms with van der Waals surface area (Å²) in [4.78, 5) is 0. The Kier molecular flexibility index (Phi) is 2.41. The van der Waals surface area contributed by atoms with Crippen molar-refractivity contribution in [2.45, 2.75) is 31.2 Å². The molecule has 1 aliphatic carbocycles. The van der Waals surface area contributed by atoms with Gasteiger partial charge in [0.1, 0.15) is 0 Å². The topological polar surface area (TPSA) is 52.0 Å². The van der Waals surface area contributed by atoms with E-state index in [1.807, 2.05) is 18.2 Å². The van der Waals surface area contributed by atoms with E-state index in [-0.39, 0.29) is 5.54 Å². The number of hydrogen-bond donors (Lipinski definition) is 2. The van der Waals surface area contributed by atoms with Crippen LogP contribution in [0.15, 0.2) is 18.2 Å². The predicted octanol–water partition coefficient (Wildman–Crippen LogP) is 2.35. The fourth-order valence-corrected chi connectivity index (χ4v) is 1.67. The molecule has 0 amide bonds. The number of aryl methyl sites for hydroxylation is 1. The molecular weight excluding hydrogens is 196 g/mol. The molecule has 1 aliphatic rings. The van der Waals surface area contributed by atoms with E-state index in [1.165, 1.54) is 5.56 Å². The fourth-order valence-electron chi connectivity index (χ4n) is 1.55. The van der Waals surface area contributed by atoms with Crippen LogP contribution < -0.4 is 11.5 Å². The lowest BCUT2D eigenvalue weighted by Crippen LogP contribution is -2.22. The molecule has 4 N–H and O–H groups in total. The first-order valence-corrected chi connectivity index (χ1v) is 5.30. The van der Waals surface area contributed by atoms with Gasteiger partial charge in [0.05, 0.1) is 10.7 Å². The molecule has 0 bridgehead atoms. The van der Waals surface area contributed by atoms with E-state index in [9.17, 15) is 0 Å². The van der Waals surface area contributed by atoms with E-state index < -0.39 is 0 Å². The summed E-state index contributed by atoms with van der Waals surface area (Å²) in [6.07, 6.45) is 4.37. The van der Waals surface area contributed by atoms with Gasteiger partial charge in [0.2, 0.25) is 0 Å². The van der Waals surface area contributed by atoms with Crippen molar-refractivity contribution in [1.29, 1.82) is 0 Å². The Balaban J connectivity index is 1.99. The Labute approximate surface area is 89.2 Å². The lowest BCUT2D eigenvalue weighted by Gasteiger charge is -2.08. The maximum atomic E-state index is 6.01. The number of rotatable bonds is 3. The zero-order valence-corrected chi connectivity index (χ0v) is 8.85. The summed E-state index contributed by atoms with van der Waals surface area (Å²) >= 11 is 5.83. The third-order valence-corrected chi connectivity index (χ3v) is 3.21. The second-order valence-corrected chi connectivity index (χ2v) is 4.63. The van der Waals surface area contributed by atoms with Gasteiger partial charge in [-0.1, -0.05) is 17.7 Å². The molecule has 1 aromatic rings. The van der Waals surface area contributed by atoms with Crippen molar-refractivity contribution < 1.29 is 0 Å². The molecule has 0 unspecified atom stereocenters. The number of benzene rings is 1. The highest BCUT2D eigenvalue weighted by atomic mass is 35.5. The van der Waals surface area contributed by atoms with Gasteiger partial charge in [0, 0.05) is 5.54 Å². The molecular formula is C11H15ClN2. The number of anilines is 1. The minimum atomic E-state index is 0.119. The first-order chi connectivity index (χ1) is 6.59. The van der Waals surface area contributed by atoms with Gasteiger partial charge in [-0.2, -0.15) is 0 Å². The molecule has 0 radical (unpaired) electrons. The SMILES string of the molecule is Nc1cc(CCC2(N)CC2)ccc1Cl. The van der Waals surface area contributed by atoms with Gasteiger partial charge < -0.3 is 11.5 Å². The van der Waals surface area contributed by atoms with Crippen molar-refractivity contribution in [3.63, 3.8) is 0 Å². The molecule has 1 saturated carbocycles. The molecule has 2 rings (SSSR count). The van der Waals surface area contributed by atoms with E-state index in [2.05, 4.69) is 0 Å². The normalized spacial score (nSPS) is 18.1. The van der Waals surface area contributed by atoms with Crippen LogP contribution in [0.4, 0.5) is 5.69 Å². The number of hydrogen-bond acceptors (Lipinski definition) is 2. The van der Waals surface area contributed by atoms with Gasteiger partial charge in [0.15, 0.2) is 0 Å². The third-order valence-electron chi connectivity index (χ3n) is 2.86. The van der Waals surface area contributed by atoms with Crippen LogP contribution in [0.25, 0.3) is 0 Å². The highest BCUT2D eigenvalue weighted by Gasteiger charge is 2.37. The molecule has 14 heavy (non-hydrogen) atoms. The van der Waals surface area contributed by atoms with Crippen LogP contribution in [0, 0.1) is 0 Å². The summed E-state index contributed by atoms with van der Waals surface area (Å²) in [6.45, 7) is 0. The quantitative estimate of drug-likeness (QED) is 0.753. The van der Waals surface area contributed by atoms with Gasteiger partial charge in [-0.15, -0.1) is 0 Å². The van der Waals surface area contributed by atoms with Crippen molar-refractivity contribution in [2.75, 3.05) is 5.73 Å². The molecule has 76 valence electrons. The average molecular weight is 211 g/mol. The van der Waals surface area contributed by atoms with E-state index in [1.54, 1.807) is 0 Å². The minimum absolute atomic E-state index is 0.119. The number of halogens is 1. The summed E-state index contributed by atoms with van der Waals surface area (Å²) in [5.41, 5.74) is 13.7. The van der Waals surface area contributed by atoms with E-state index in [0.29, 0.717) is 10.7 Å². The van der Waals surface area contributed by atoms with Crippen LogP contribution in [-0.2, 0) is 6.42 Å². The lowest BCUT2D eigenvalue weighted by atomic mass is 10.0. The molecule has 1 aromatic carbocycles. The van der Waals surface area contributed by atoms with Crippen molar-refractivity contribution in [3.8, 4) is 0 Å². The highest BCUT2D eigenvalue weighted by Crippen LogP contribution is 2.36. The third kappa shape index (κ3) is 2.20. The largest absolute Gasteiger partial charge is 0.398 e. The zero-order valence-electron chi connectivity index (χ0n) is 8.09. The molecule has 0 aromatic heterocycles. The number of nitrogens with two attached hydrogens (primary N) is 2. The van der Waals surface area contributed by atoms with E-state index >= 15 is 0 Å². The standard InChI is InChI=1S/C11H15ClN2/c12-9-2-1-8(7-10(9)13)3-4-11(14)5-6-11/h1-2,7H,3-6,13-14H2. The van der Waals surface area contributed by atoms with Gasteiger partial charge in [-0.3, -0.25) is 0 Å². The smallest absolute Gasteiger partial charge is 0.0635 e. The van der Waals surface area contributed by atoms with Crippen LogP contribution in [-0.4, -0.2) is 5.54 Å². The van der Waals surface area contributed by atoms with Crippen LogP contribution in [0.1, 0.15) is 24.8 Å². The maximum absolute atomic E-state index is 6.01. The Morgan fingerprint density at radius 1 is 1.36 bits per heavy atom. The Hall–Kier alpha value is -0.730. The molecule has 0 heterocycles. The van der Waals surface area contributed by atoms with E-state index in [0.717, 1.165) is 25.7 Å². The molecule has 1 fully saturated rings. The van der Waals surface area contributed by atoms with Crippen molar-refractivity contribution in [3.05, 3.63) is 28.8 Å². The van der Waals surface area contributed by atoms with Crippen LogP contribution in [0.5, 0.6) is 0 Å². The summed E-state index contributed by atoms with van der Waals surface area (Å²) in [7, 11) is 0. The monoisotopic (exact) mass is 210 g/mol. The van der Waals surface area contributed by atoms with Crippen molar-refractivity contribution in [2.24, 2.45) is 5.73 Å². The van der Waals surface area contributed by atoms with Crippen LogP contribution in [0.3, 0.4) is 0 Å². The summed E-state index contributed by atoms with van der Waals surface area (Å²) in [5, 5.41) is 0.627. The van der Waals surface area contributed by atoms with Gasteiger partial charge >= 0.3 is 0 Å². The van der Waals surface area contributed by atoms with E-state index in [4.69, 9.17) is 23.1 Å². The van der Waals surface area contributed by atoms with Gasteiger partial charge in [-0.25, -0.2) is 0 Å². The minimum Gasteiger partial charge on any atom is -0.398 e. The lowest BCUT2D eigenvalue weighted by molar-refractivity contribution is 0.609. The molecule has 0 aliphatic heterocycles. The zero-order chi connectivity index (χ0) is 10.2. The van der Waals surface area contributed by atoms with Gasteiger partial charge in [0.25, 0.3) is 0 Å². The Morgan fingerprint density at radius 2 is 2.07 bits per heavy atom. The molecule has 0 spiro atoms. The summed E-state index contributed by atoms with van der Waals surface area (Å²) < 4.78 is 0. The Morgan fingerprint density at radius 3 is 2.64 bits per heavy atom. The second kappa shape index (κ2) is 3.44.